The van der Waals surface area contributed by atoms with E-state index in [0.717, 1.165) is 11.6 Å². The monoisotopic (exact) mass is 428 g/mol. The second-order valence-corrected chi connectivity index (χ2v) is 8.46. The number of hydrogen-bond donors (Lipinski definition) is 1. The van der Waals surface area contributed by atoms with Crippen molar-refractivity contribution >= 4 is 17.2 Å². The molecule has 1 aromatic carbocycles. The van der Waals surface area contributed by atoms with Gasteiger partial charge in [-0.3, -0.25) is 4.79 Å². The molecule has 162 valence electrons. The zero-order valence-corrected chi connectivity index (χ0v) is 16.9. The highest BCUT2D eigenvalue weighted by Gasteiger charge is 2.35. The van der Waals surface area contributed by atoms with Gasteiger partial charge in [0.05, 0.1) is 12.1 Å². The zero-order chi connectivity index (χ0) is 21.6. The van der Waals surface area contributed by atoms with Gasteiger partial charge in [0.2, 0.25) is 5.91 Å². The van der Waals surface area contributed by atoms with E-state index in [9.17, 15) is 18.0 Å². The fourth-order valence-corrected chi connectivity index (χ4v) is 4.30. The summed E-state index contributed by atoms with van der Waals surface area (Å²) >= 11 is 0. The standard InChI is InChI=1S/C23H23F3N4O/c24-23(25,26)20-12-19(14-30-10-8-27-22(20)30)29-9-7-18(13-29)28-21(31)11-15-1-3-16(4-2-15)17-5-6-17/h1-4,8,10,12,14,17-18H,5-7,9,11,13H2,(H,28,31)/t18-/m1/s1. The fraction of sp³-hybridized carbons (Fsp3) is 0.391. The van der Waals surface area contributed by atoms with Crippen molar-refractivity contribution < 1.29 is 18.0 Å². The number of anilines is 1. The topological polar surface area (TPSA) is 49.6 Å². The van der Waals surface area contributed by atoms with E-state index < -0.39 is 11.7 Å². The highest BCUT2D eigenvalue weighted by atomic mass is 19.4. The molecule has 0 spiro atoms. The van der Waals surface area contributed by atoms with Crippen molar-refractivity contribution in [2.45, 2.75) is 43.8 Å². The fourth-order valence-electron chi connectivity index (χ4n) is 4.30. The summed E-state index contributed by atoms with van der Waals surface area (Å²) in [5, 5.41) is 3.03. The minimum Gasteiger partial charge on any atom is -0.368 e. The van der Waals surface area contributed by atoms with E-state index in [0.29, 0.717) is 37.5 Å². The number of rotatable bonds is 5. The van der Waals surface area contributed by atoms with Crippen molar-refractivity contribution in [2.24, 2.45) is 0 Å². The van der Waals surface area contributed by atoms with Gasteiger partial charge < -0.3 is 14.6 Å². The summed E-state index contributed by atoms with van der Waals surface area (Å²) in [6.07, 6.45) is 3.54. The van der Waals surface area contributed by atoms with Crippen LogP contribution in [0.15, 0.2) is 48.9 Å². The first-order valence-corrected chi connectivity index (χ1v) is 10.5. The van der Waals surface area contributed by atoms with E-state index in [2.05, 4.69) is 22.4 Å². The van der Waals surface area contributed by atoms with Gasteiger partial charge in [-0.1, -0.05) is 24.3 Å². The van der Waals surface area contributed by atoms with Gasteiger partial charge in [-0.05, 0) is 42.4 Å². The average Bonchev–Trinajstić information content (AvgIpc) is 3.28. The molecule has 5 rings (SSSR count). The van der Waals surface area contributed by atoms with Gasteiger partial charge in [-0.15, -0.1) is 0 Å². The molecule has 1 saturated carbocycles. The van der Waals surface area contributed by atoms with Crippen molar-refractivity contribution in [3.8, 4) is 0 Å². The molecule has 0 unspecified atom stereocenters. The second-order valence-electron chi connectivity index (χ2n) is 8.46. The molecule has 1 atom stereocenters. The molecule has 2 aromatic heterocycles. The maximum absolute atomic E-state index is 13.5. The SMILES string of the molecule is O=C(Cc1ccc(C2CC2)cc1)N[C@@H]1CCN(c2cc(C(F)(F)F)c3nccn3c2)C1. The lowest BCUT2D eigenvalue weighted by Crippen LogP contribution is -2.38. The number of fused-ring (bicyclic) bond motifs is 1. The summed E-state index contributed by atoms with van der Waals surface area (Å²) in [6.45, 7) is 1.06. The number of hydrogen-bond acceptors (Lipinski definition) is 3. The quantitative estimate of drug-likeness (QED) is 0.664. The van der Waals surface area contributed by atoms with Crippen molar-refractivity contribution in [2.75, 3.05) is 18.0 Å². The van der Waals surface area contributed by atoms with Crippen LogP contribution in [0.25, 0.3) is 5.65 Å². The first kappa shape index (κ1) is 19.9. The molecule has 8 heteroatoms. The molecule has 1 aliphatic carbocycles. The van der Waals surface area contributed by atoms with Crippen LogP contribution in [-0.4, -0.2) is 34.4 Å². The van der Waals surface area contributed by atoms with E-state index in [-0.39, 0.29) is 17.6 Å². The lowest BCUT2D eigenvalue weighted by atomic mass is 10.1. The number of aromatic nitrogens is 2. The number of carbonyl (C=O) groups excluding carboxylic acids is 1. The van der Waals surface area contributed by atoms with Gasteiger partial charge in [0.1, 0.15) is 11.2 Å². The Balaban J connectivity index is 1.23. The molecule has 2 aliphatic rings. The normalized spacial score (nSPS) is 19.2. The maximum Gasteiger partial charge on any atom is 0.420 e. The Hall–Kier alpha value is -3.03. The molecule has 0 bridgehead atoms. The molecule has 1 saturated heterocycles. The summed E-state index contributed by atoms with van der Waals surface area (Å²) in [6, 6.07) is 9.27. The van der Waals surface area contributed by atoms with Crippen LogP contribution in [0.5, 0.6) is 0 Å². The van der Waals surface area contributed by atoms with Gasteiger partial charge >= 0.3 is 6.18 Å². The van der Waals surface area contributed by atoms with E-state index >= 15 is 0 Å². The number of pyridine rings is 1. The van der Waals surface area contributed by atoms with Gasteiger partial charge in [0.25, 0.3) is 0 Å². The van der Waals surface area contributed by atoms with Crippen LogP contribution in [0, 0.1) is 0 Å². The van der Waals surface area contributed by atoms with E-state index in [4.69, 9.17) is 0 Å². The lowest BCUT2D eigenvalue weighted by molar-refractivity contribution is -0.136. The molecule has 31 heavy (non-hydrogen) atoms. The maximum atomic E-state index is 13.5. The zero-order valence-electron chi connectivity index (χ0n) is 16.9. The third kappa shape index (κ3) is 4.24. The molecule has 1 aliphatic heterocycles. The minimum atomic E-state index is -4.48. The second kappa shape index (κ2) is 7.59. The van der Waals surface area contributed by atoms with Crippen LogP contribution in [0.1, 0.15) is 41.9 Å². The molecule has 3 heterocycles. The molecule has 3 aromatic rings. The van der Waals surface area contributed by atoms with Gasteiger partial charge in [-0.25, -0.2) is 4.98 Å². The largest absolute Gasteiger partial charge is 0.420 e. The van der Waals surface area contributed by atoms with Crippen LogP contribution in [0.3, 0.4) is 0 Å². The number of nitrogens with zero attached hydrogens (tertiary/aromatic N) is 3. The molecular weight excluding hydrogens is 405 g/mol. The number of carbonyl (C=O) groups is 1. The number of imidazole rings is 1. The predicted molar refractivity (Wildman–Crippen MR) is 111 cm³/mol. The third-order valence-electron chi connectivity index (χ3n) is 6.09. The average molecular weight is 428 g/mol. The summed E-state index contributed by atoms with van der Waals surface area (Å²) in [7, 11) is 0. The lowest BCUT2D eigenvalue weighted by Gasteiger charge is -2.21. The van der Waals surface area contributed by atoms with E-state index in [1.807, 2.05) is 17.0 Å². The first-order valence-electron chi connectivity index (χ1n) is 10.5. The van der Waals surface area contributed by atoms with Crippen LogP contribution in [0.4, 0.5) is 18.9 Å². The molecule has 2 fully saturated rings. The van der Waals surface area contributed by atoms with Gasteiger partial charge in [0.15, 0.2) is 0 Å². The Morgan fingerprint density at radius 3 is 2.65 bits per heavy atom. The molecule has 5 nitrogen and oxygen atoms in total. The molecule has 1 N–H and O–H groups in total. The summed E-state index contributed by atoms with van der Waals surface area (Å²) < 4.78 is 41.8. The number of halogens is 3. The van der Waals surface area contributed by atoms with Crippen LogP contribution >= 0.6 is 0 Å². The first-order chi connectivity index (χ1) is 14.9. The van der Waals surface area contributed by atoms with Crippen LogP contribution in [-0.2, 0) is 17.4 Å². The Morgan fingerprint density at radius 1 is 1.16 bits per heavy atom. The van der Waals surface area contributed by atoms with E-state index in [1.165, 1.54) is 35.2 Å². The predicted octanol–water partition coefficient (Wildman–Crippen LogP) is 4.17. The number of benzene rings is 1. The van der Waals surface area contributed by atoms with Gasteiger partial charge in [-0.2, -0.15) is 13.2 Å². The molecule has 0 radical (unpaired) electrons. The van der Waals surface area contributed by atoms with E-state index in [1.54, 1.807) is 6.20 Å². The third-order valence-corrected chi connectivity index (χ3v) is 6.09. The van der Waals surface area contributed by atoms with Crippen molar-refractivity contribution in [3.05, 3.63) is 65.6 Å². The smallest absolute Gasteiger partial charge is 0.368 e. The Bertz CT molecular complexity index is 1100. The van der Waals surface area contributed by atoms with Crippen molar-refractivity contribution in [3.63, 3.8) is 0 Å². The highest BCUT2D eigenvalue weighted by Crippen LogP contribution is 2.40. The van der Waals surface area contributed by atoms with Crippen LogP contribution in [0.2, 0.25) is 0 Å². The number of amides is 1. The Labute approximate surface area is 177 Å². The summed E-state index contributed by atoms with van der Waals surface area (Å²) in [4.78, 5) is 18.2. The Morgan fingerprint density at radius 2 is 1.94 bits per heavy atom. The highest BCUT2D eigenvalue weighted by molar-refractivity contribution is 5.79. The minimum absolute atomic E-state index is 0.0629. The Kier molecular flexibility index (Phi) is 4.87. The summed E-state index contributed by atoms with van der Waals surface area (Å²) in [5.74, 6) is 0.624. The molecular formula is C23H23F3N4O. The number of nitrogens with one attached hydrogen (secondary N) is 1. The number of alkyl halides is 3. The van der Waals surface area contributed by atoms with Crippen molar-refractivity contribution in [1.82, 2.24) is 14.7 Å². The van der Waals surface area contributed by atoms with Gasteiger partial charge in [0, 0.05) is 37.7 Å². The van der Waals surface area contributed by atoms with Crippen LogP contribution < -0.4 is 10.2 Å². The summed E-state index contributed by atoms with van der Waals surface area (Å²) in [5.41, 5.74) is 1.93. The molecule has 1 amide bonds. The van der Waals surface area contributed by atoms with Crippen molar-refractivity contribution in [1.29, 1.82) is 0 Å².